The van der Waals surface area contributed by atoms with Gasteiger partial charge in [-0.2, -0.15) is 0 Å². The predicted molar refractivity (Wildman–Crippen MR) is 188 cm³/mol. The van der Waals surface area contributed by atoms with Gasteiger partial charge in [-0.15, -0.1) is 0 Å². The van der Waals surface area contributed by atoms with E-state index in [1.165, 1.54) is 13.8 Å². The van der Waals surface area contributed by atoms with Gasteiger partial charge in [0.2, 0.25) is 23.6 Å². The zero-order valence-electron chi connectivity index (χ0n) is 28.9. The molecule has 9 nitrogen and oxygen atoms in total. The predicted octanol–water partition coefficient (Wildman–Crippen LogP) is 5.55. The van der Waals surface area contributed by atoms with Crippen LogP contribution in [-0.2, 0) is 32.0 Å². The number of carbonyl (C=O) groups excluding carboxylic acids is 4. The molecule has 4 amide bonds. The van der Waals surface area contributed by atoms with Crippen LogP contribution >= 0.6 is 0 Å². The summed E-state index contributed by atoms with van der Waals surface area (Å²) in [6.45, 7) is 5.07. The van der Waals surface area contributed by atoms with Crippen molar-refractivity contribution < 1.29 is 23.9 Å². The third kappa shape index (κ3) is 7.51. The third-order valence-electron chi connectivity index (χ3n) is 9.26. The summed E-state index contributed by atoms with van der Waals surface area (Å²) < 4.78 is 5.17. The number of rotatable bonds is 7. The molecule has 9 heteroatoms. The summed E-state index contributed by atoms with van der Waals surface area (Å²) >= 11 is 0. The average molecular weight is 661 g/mol. The first-order valence-corrected chi connectivity index (χ1v) is 16.4. The number of ether oxygens (including phenoxy) is 1. The zero-order chi connectivity index (χ0) is 35.2. The van der Waals surface area contributed by atoms with Gasteiger partial charge in [0, 0.05) is 40.8 Å². The fourth-order valence-corrected chi connectivity index (χ4v) is 6.77. The van der Waals surface area contributed by atoms with E-state index in [2.05, 4.69) is 0 Å². The normalized spacial score (nSPS) is 20.3. The Morgan fingerprint density at radius 2 is 1.00 bits per heavy atom. The molecular weight excluding hydrogens is 616 g/mol. The monoisotopic (exact) mass is 660 g/mol. The summed E-state index contributed by atoms with van der Waals surface area (Å²) in [5, 5.41) is 0. The van der Waals surface area contributed by atoms with Crippen molar-refractivity contribution in [2.24, 2.45) is 0 Å². The van der Waals surface area contributed by atoms with Gasteiger partial charge >= 0.3 is 0 Å². The van der Waals surface area contributed by atoms with Gasteiger partial charge in [-0.1, -0.05) is 103 Å². The van der Waals surface area contributed by atoms with Gasteiger partial charge in [0.25, 0.3) is 0 Å². The van der Waals surface area contributed by atoms with Crippen LogP contribution in [0.4, 0.5) is 0 Å². The van der Waals surface area contributed by atoms with E-state index in [0.717, 1.165) is 33.6 Å². The Morgan fingerprint density at radius 1 is 0.592 bits per heavy atom. The highest BCUT2D eigenvalue weighted by atomic mass is 16.5. The molecule has 4 aromatic rings. The van der Waals surface area contributed by atoms with Gasteiger partial charge in [0.1, 0.15) is 30.2 Å². The van der Waals surface area contributed by atoms with Crippen LogP contribution in [-0.4, -0.2) is 76.5 Å². The van der Waals surface area contributed by atoms with Crippen molar-refractivity contribution in [2.75, 3.05) is 21.2 Å². The van der Waals surface area contributed by atoms with Gasteiger partial charge in [0.05, 0.1) is 7.11 Å². The van der Waals surface area contributed by atoms with Gasteiger partial charge < -0.3 is 24.3 Å². The van der Waals surface area contributed by atoms with Crippen molar-refractivity contribution in [1.29, 1.82) is 0 Å². The zero-order valence-corrected chi connectivity index (χ0v) is 28.9. The molecule has 2 aliphatic rings. The van der Waals surface area contributed by atoms with E-state index in [0.29, 0.717) is 12.8 Å². The number of carbonyl (C=O) groups is 4. The van der Waals surface area contributed by atoms with Crippen molar-refractivity contribution in [1.82, 2.24) is 19.6 Å². The maximum absolute atomic E-state index is 12.8. The van der Waals surface area contributed by atoms with Crippen LogP contribution in [0.3, 0.4) is 0 Å². The lowest BCUT2D eigenvalue weighted by atomic mass is 10.0. The van der Waals surface area contributed by atoms with Crippen molar-refractivity contribution in [2.45, 2.75) is 58.0 Å². The van der Waals surface area contributed by atoms with Crippen LogP contribution in [0, 0.1) is 6.92 Å². The molecule has 0 bridgehead atoms. The summed E-state index contributed by atoms with van der Waals surface area (Å²) in [5.41, 5.74) is 5.10. The smallest absolute Gasteiger partial charge is 0.247 e. The Balaban J connectivity index is 0.000000191. The molecule has 2 aliphatic heterocycles. The molecule has 0 saturated carbocycles. The molecule has 0 aliphatic carbocycles. The molecule has 6 rings (SSSR count). The van der Waals surface area contributed by atoms with Crippen molar-refractivity contribution in [3.8, 4) is 5.75 Å². The van der Waals surface area contributed by atoms with Gasteiger partial charge in [-0.05, 0) is 41.3 Å². The van der Waals surface area contributed by atoms with Crippen LogP contribution in [0.5, 0.6) is 5.75 Å². The molecule has 2 saturated heterocycles. The molecule has 49 heavy (non-hydrogen) atoms. The number of benzene rings is 4. The molecule has 254 valence electrons. The SMILES string of the molecule is CC(=O)N1C(Cc2ccccc2)C(=O)N(C)C1c1ccc(C)cc1.COc1ccc(CC2C(=O)N(C)C(c3ccccc3)N2C(C)=O)cc1. The second-order valence-corrected chi connectivity index (χ2v) is 12.6. The van der Waals surface area contributed by atoms with E-state index in [9.17, 15) is 19.2 Å². The van der Waals surface area contributed by atoms with Gasteiger partial charge in [0.15, 0.2) is 0 Å². The standard InChI is InChI=1S/C20H22N2O3.C20H22N2O2/c1-14(23)22-18(13-15-9-11-17(25-3)12-10-15)20(24)21(2)19(22)16-7-5-4-6-8-16;1-14-9-11-17(12-10-14)19-21(3)20(24)18(22(19)15(2)23)13-16-7-5-4-6-8-16/h4-12,18-19H,13H2,1-3H3;4-12,18-19H,13H2,1-3H3. The van der Waals surface area contributed by atoms with Crippen LogP contribution < -0.4 is 4.74 Å². The fourth-order valence-electron chi connectivity index (χ4n) is 6.77. The van der Waals surface area contributed by atoms with Crippen molar-refractivity contribution >= 4 is 23.6 Å². The first-order chi connectivity index (χ1) is 23.5. The summed E-state index contributed by atoms with van der Waals surface area (Å²) in [5.74, 6) is 0.521. The van der Waals surface area contributed by atoms with E-state index in [-0.39, 0.29) is 36.0 Å². The molecule has 2 fully saturated rings. The number of likely N-dealkylation sites (N-methyl/N-ethyl adjacent to an activating group) is 2. The Morgan fingerprint density at radius 3 is 1.43 bits per heavy atom. The molecule has 4 unspecified atom stereocenters. The maximum atomic E-state index is 12.8. The molecule has 0 radical (unpaired) electrons. The largest absolute Gasteiger partial charge is 0.497 e. The van der Waals surface area contributed by atoms with Crippen LogP contribution in [0.2, 0.25) is 0 Å². The van der Waals surface area contributed by atoms with Crippen LogP contribution in [0.25, 0.3) is 0 Å². The highest BCUT2D eigenvalue weighted by Gasteiger charge is 2.47. The molecule has 0 N–H and O–H groups in total. The van der Waals surface area contributed by atoms with E-state index >= 15 is 0 Å². The molecule has 2 heterocycles. The number of methoxy groups -OCH3 is 1. The summed E-state index contributed by atoms with van der Waals surface area (Å²) in [6.07, 6.45) is 0.306. The van der Waals surface area contributed by atoms with Crippen LogP contribution in [0.15, 0.2) is 109 Å². The number of hydrogen-bond donors (Lipinski definition) is 0. The Bertz CT molecular complexity index is 1760. The lowest BCUT2D eigenvalue weighted by molar-refractivity contribution is -0.134. The summed E-state index contributed by atoms with van der Waals surface area (Å²) in [4.78, 5) is 57.1. The first-order valence-electron chi connectivity index (χ1n) is 16.4. The lowest BCUT2D eigenvalue weighted by Gasteiger charge is -2.29. The van der Waals surface area contributed by atoms with E-state index in [4.69, 9.17) is 4.74 Å². The minimum absolute atomic E-state index is 0.0142. The summed E-state index contributed by atoms with van der Waals surface area (Å²) in [7, 11) is 5.14. The Hall–Kier alpha value is -5.44. The second-order valence-electron chi connectivity index (χ2n) is 12.6. The Kier molecular flexibility index (Phi) is 10.8. The molecule has 4 atom stereocenters. The highest BCUT2D eigenvalue weighted by Crippen LogP contribution is 2.36. The molecule has 4 aromatic carbocycles. The molecule has 0 spiro atoms. The second kappa shape index (κ2) is 15.2. The molecular formula is C40H44N4O5. The van der Waals surface area contributed by atoms with Gasteiger partial charge in [-0.3, -0.25) is 19.2 Å². The number of nitrogens with zero attached hydrogens (tertiary/aromatic N) is 4. The number of aryl methyl sites for hydroxylation is 1. The Labute approximate surface area is 288 Å². The first kappa shape index (κ1) is 34.9. The van der Waals surface area contributed by atoms with Gasteiger partial charge in [-0.25, -0.2) is 0 Å². The number of amides is 4. The van der Waals surface area contributed by atoms with Crippen LogP contribution in [0.1, 0.15) is 54.0 Å². The minimum atomic E-state index is -0.499. The summed E-state index contributed by atoms with van der Waals surface area (Å²) in [6, 6.07) is 34.1. The fraction of sp³-hybridized carbons (Fsp3) is 0.300. The van der Waals surface area contributed by atoms with E-state index in [1.54, 1.807) is 40.8 Å². The molecule has 0 aromatic heterocycles. The quantitative estimate of drug-likeness (QED) is 0.259. The number of hydrogen-bond acceptors (Lipinski definition) is 5. The third-order valence-corrected chi connectivity index (χ3v) is 9.26. The average Bonchev–Trinajstić information content (AvgIpc) is 3.51. The lowest BCUT2D eigenvalue weighted by Crippen LogP contribution is -2.39. The maximum Gasteiger partial charge on any atom is 0.247 e. The van der Waals surface area contributed by atoms with Crippen molar-refractivity contribution in [3.05, 3.63) is 137 Å². The minimum Gasteiger partial charge on any atom is -0.497 e. The van der Waals surface area contributed by atoms with Crippen molar-refractivity contribution in [3.63, 3.8) is 0 Å². The topological polar surface area (TPSA) is 90.5 Å². The van der Waals surface area contributed by atoms with E-state index < -0.39 is 12.1 Å². The van der Waals surface area contributed by atoms with E-state index in [1.807, 2.05) is 116 Å². The highest BCUT2D eigenvalue weighted by molar-refractivity contribution is 5.91.